The quantitative estimate of drug-likeness (QED) is 0.827. The van der Waals surface area contributed by atoms with Gasteiger partial charge in [0.15, 0.2) is 5.41 Å². The van der Waals surface area contributed by atoms with Crippen molar-refractivity contribution in [2.75, 3.05) is 5.32 Å². The molecule has 21 heavy (non-hydrogen) atoms. The van der Waals surface area contributed by atoms with Crippen LogP contribution < -0.4 is 11.1 Å². The van der Waals surface area contributed by atoms with Crippen molar-refractivity contribution >= 4 is 17.5 Å². The molecule has 2 rings (SSSR count). The van der Waals surface area contributed by atoms with Gasteiger partial charge in [-0.15, -0.1) is 0 Å². The van der Waals surface area contributed by atoms with E-state index < -0.39 is 17.2 Å². The normalized spacial score (nSPS) is 13.2. The molecule has 0 heterocycles. The molecule has 0 fully saturated rings. The molecular weight excluding hydrogens is 264 g/mol. The van der Waals surface area contributed by atoms with Crippen molar-refractivity contribution in [1.82, 2.24) is 0 Å². The summed E-state index contributed by atoms with van der Waals surface area (Å²) in [7, 11) is 0. The third kappa shape index (κ3) is 2.79. The molecule has 2 amide bonds. The number of carbonyl (C=O) groups is 2. The lowest BCUT2D eigenvalue weighted by atomic mass is 9.76. The molecular formula is C17H18N2O2. The second-order valence-electron chi connectivity index (χ2n) is 4.81. The van der Waals surface area contributed by atoms with E-state index in [4.69, 9.17) is 5.73 Å². The number of amides is 2. The molecule has 0 radical (unpaired) electrons. The van der Waals surface area contributed by atoms with Gasteiger partial charge in [-0.2, -0.15) is 0 Å². The van der Waals surface area contributed by atoms with Crippen LogP contribution in [0, 0.1) is 0 Å². The Morgan fingerprint density at radius 1 is 1.00 bits per heavy atom. The van der Waals surface area contributed by atoms with E-state index >= 15 is 0 Å². The maximum absolute atomic E-state index is 12.7. The van der Waals surface area contributed by atoms with Crippen molar-refractivity contribution in [1.29, 1.82) is 0 Å². The minimum atomic E-state index is -1.36. The Morgan fingerprint density at radius 2 is 1.52 bits per heavy atom. The van der Waals surface area contributed by atoms with Crippen LogP contribution in [0.25, 0.3) is 0 Å². The number of rotatable bonds is 5. The van der Waals surface area contributed by atoms with E-state index in [1.807, 2.05) is 24.3 Å². The summed E-state index contributed by atoms with van der Waals surface area (Å²) in [4.78, 5) is 24.7. The van der Waals surface area contributed by atoms with Gasteiger partial charge in [0.1, 0.15) is 0 Å². The molecule has 0 aliphatic rings. The highest BCUT2D eigenvalue weighted by Gasteiger charge is 2.44. The first-order chi connectivity index (χ1) is 10.1. The average molecular weight is 282 g/mol. The van der Waals surface area contributed by atoms with Crippen molar-refractivity contribution in [3.05, 3.63) is 66.2 Å². The largest absolute Gasteiger partial charge is 0.368 e. The molecule has 0 aromatic heterocycles. The van der Waals surface area contributed by atoms with E-state index in [1.54, 1.807) is 43.3 Å². The van der Waals surface area contributed by atoms with Crippen LogP contribution in [0.5, 0.6) is 0 Å². The van der Waals surface area contributed by atoms with Gasteiger partial charge in [-0.05, 0) is 24.1 Å². The van der Waals surface area contributed by atoms with Crippen LogP contribution in [0.15, 0.2) is 60.7 Å². The highest BCUT2D eigenvalue weighted by atomic mass is 16.2. The summed E-state index contributed by atoms with van der Waals surface area (Å²) in [6.07, 6.45) is 0.297. The zero-order chi connectivity index (χ0) is 15.3. The van der Waals surface area contributed by atoms with Crippen molar-refractivity contribution in [3.63, 3.8) is 0 Å². The fourth-order valence-electron chi connectivity index (χ4n) is 2.41. The Kier molecular flexibility index (Phi) is 4.38. The van der Waals surface area contributed by atoms with Crippen LogP contribution in [-0.2, 0) is 15.0 Å². The molecule has 0 aliphatic carbocycles. The second-order valence-corrected chi connectivity index (χ2v) is 4.81. The fraction of sp³-hybridized carbons (Fsp3) is 0.176. The van der Waals surface area contributed by atoms with Gasteiger partial charge in [0.05, 0.1) is 0 Å². The van der Waals surface area contributed by atoms with Crippen LogP contribution >= 0.6 is 0 Å². The SMILES string of the molecule is CCC(C(N)=O)(C(=O)Nc1ccccc1)c1ccccc1. The molecule has 1 unspecified atom stereocenters. The Morgan fingerprint density at radius 3 is 2.00 bits per heavy atom. The second kappa shape index (κ2) is 6.22. The topological polar surface area (TPSA) is 72.2 Å². The minimum Gasteiger partial charge on any atom is -0.368 e. The van der Waals surface area contributed by atoms with Crippen molar-refractivity contribution < 1.29 is 9.59 Å². The van der Waals surface area contributed by atoms with E-state index in [9.17, 15) is 9.59 Å². The summed E-state index contributed by atoms with van der Waals surface area (Å²) in [5.74, 6) is -1.06. The summed E-state index contributed by atoms with van der Waals surface area (Å²) in [5.41, 5.74) is 5.45. The Balaban J connectivity index is 2.41. The van der Waals surface area contributed by atoms with Gasteiger partial charge in [-0.1, -0.05) is 55.5 Å². The van der Waals surface area contributed by atoms with E-state index in [2.05, 4.69) is 5.32 Å². The number of nitrogens with one attached hydrogen (secondary N) is 1. The average Bonchev–Trinajstić information content (AvgIpc) is 2.50. The fourth-order valence-corrected chi connectivity index (χ4v) is 2.41. The summed E-state index contributed by atoms with van der Waals surface area (Å²) < 4.78 is 0. The van der Waals surface area contributed by atoms with Crippen molar-refractivity contribution in [2.24, 2.45) is 5.73 Å². The summed E-state index contributed by atoms with van der Waals surface area (Å²) >= 11 is 0. The Labute approximate surface area is 124 Å². The minimum absolute atomic E-state index is 0.297. The van der Waals surface area contributed by atoms with Gasteiger partial charge >= 0.3 is 0 Å². The van der Waals surface area contributed by atoms with E-state index in [0.29, 0.717) is 17.7 Å². The standard InChI is InChI=1S/C17H18N2O2/c1-2-17(15(18)20,13-9-5-3-6-10-13)16(21)19-14-11-7-4-8-12-14/h3-12H,2H2,1H3,(H2,18,20)(H,19,21). The number of para-hydroxylation sites is 1. The Bertz CT molecular complexity index is 626. The molecule has 2 aromatic carbocycles. The monoisotopic (exact) mass is 282 g/mol. The van der Waals surface area contributed by atoms with Crippen LogP contribution in [0.2, 0.25) is 0 Å². The third-order valence-corrected chi connectivity index (χ3v) is 3.64. The summed E-state index contributed by atoms with van der Waals surface area (Å²) in [6, 6.07) is 17.9. The highest BCUT2D eigenvalue weighted by molar-refractivity contribution is 6.15. The maximum atomic E-state index is 12.7. The zero-order valence-electron chi connectivity index (χ0n) is 11.9. The van der Waals surface area contributed by atoms with E-state index in [0.717, 1.165) is 0 Å². The molecule has 4 nitrogen and oxygen atoms in total. The van der Waals surface area contributed by atoms with E-state index in [-0.39, 0.29) is 0 Å². The molecule has 1 atom stereocenters. The number of anilines is 1. The third-order valence-electron chi connectivity index (χ3n) is 3.64. The van der Waals surface area contributed by atoms with Gasteiger partial charge in [-0.25, -0.2) is 0 Å². The lowest BCUT2D eigenvalue weighted by Crippen LogP contribution is -2.50. The highest BCUT2D eigenvalue weighted by Crippen LogP contribution is 2.29. The van der Waals surface area contributed by atoms with Gasteiger partial charge in [-0.3, -0.25) is 9.59 Å². The van der Waals surface area contributed by atoms with Gasteiger partial charge in [0.25, 0.3) is 0 Å². The first-order valence-electron chi connectivity index (χ1n) is 6.83. The number of hydrogen-bond donors (Lipinski definition) is 2. The molecule has 3 N–H and O–H groups in total. The molecule has 0 bridgehead atoms. The first kappa shape index (κ1) is 14.8. The molecule has 0 aliphatic heterocycles. The predicted octanol–water partition coefficient (Wildman–Crippen LogP) is 2.46. The lowest BCUT2D eigenvalue weighted by Gasteiger charge is -2.28. The molecule has 2 aromatic rings. The van der Waals surface area contributed by atoms with Gasteiger partial charge < -0.3 is 11.1 Å². The van der Waals surface area contributed by atoms with E-state index in [1.165, 1.54) is 0 Å². The van der Waals surface area contributed by atoms with Crippen molar-refractivity contribution in [2.45, 2.75) is 18.8 Å². The molecule has 108 valence electrons. The number of carbonyl (C=O) groups excluding carboxylic acids is 2. The Hall–Kier alpha value is -2.62. The molecule has 0 spiro atoms. The zero-order valence-corrected chi connectivity index (χ0v) is 11.9. The van der Waals surface area contributed by atoms with Crippen LogP contribution in [0.1, 0.15) is 18.9 Å². The summed E-state index contributed by atoms with van der Waals surface area (Å²) in [5, 5.41) is 2.77. The van der Waals surface area contributed by atoms with Crippen LogP contribution in [0.4, 0.5) is 5.69 Å². The number of hydrogen-bond acceptors (Lipinski definition) is 2. The lowest BCUT2D eigenvalue weighted by molar-refractivity contribution is -0.133. The molecule has 0 saturated heterocycles. The van der Waals surface area contributed by atoms with Crippen LogP contribution in [0.3, 0.4) is 0 Å². The van der Waals surface area contributed by atoms with Gasteiger partial charge in [0, 0.05) is 5.69 Å². The summed E-state index contributed by atoms with van der Waals surface area (Å²) in [6.45, 7) is 1.78. The maximum Gasteiger partial charge on any atom is 0.244 e. The van der Waals surface area contributed by atoms with Crippen LogP contribution in [-0.4, -0.2) is 11.8 Å². The predicted molar refractivity (Wildman–Crippen MR) is 82.7 cm³/mol. The van der Waals surface area contributed by atoms with Gasteiger partial charge in [0.2, 0.25) is 11.8 Å². The van der Waals surface area contributed by atoms with Crippen molar-refractivity contribution in [3.8, 4) is 0 Å². The molecule has 0 saturated carbocycles. The first-order valence-corrected chi connectivity index (χ1v) is 6.83. The smallest absolute Gasteiger partial charge is 0.244 e. The number of benzene rings is 2. The number of nitrogens with two attached hydrogens (primary N) is 1. The molecule has 4 heteroatoms. The number of primary amides is 1.